The van der Waals surface area contributed by atoms with Gasteiger partial charge in [-0.25, -0.2) is 9.97 Å². The lowest BCUT2D eigenvalue weighted by molar-refractivity contribution is -0.129. The summed E-state index contributed by atoms with van der Waals surface area (Å²) in [6, 6.07) is 11.6. The summed E-state index contributed by atoms with van der Waals surface area (Å²) < 4.78 is 18.0. The lowest BCUT2D eigenvalue weighted by Crippen LogP contribution is -2.36. The zero-order chi connectivity index (χ0) is 22.0. The topological polar surface area (TPSA) is 76.3 Å². The standard InChI is InChI=1S/C23H25N3O3S2/c1-15-4-9-20(24-14-15)30-23-21(17-5-7-19(8-6-17)31(3)28)25-22(29-23)18-10-12-26(13-11-18)16(2)27/h4-9,14,18H,10-13H2,1-3H3. The highest BCUT2D eigenvalue weighted by molar-refractivity contribution is 7.99. The van der Waals surface area contributed by atoms with Gasteiger partial charge in [0.1, 0.15) is 10.7 Å². The zero-order valence-corrected chi connectivity index (χ0v) is 19.5. The molecule has 31 heavy (non-hydrogen) atoms. The van der Waals surface area contributed by atoms with E-state index in [1.807, 2.05) is 54.4 Å². The number of nitrogens with zero attached hydrogens (tertiary/aromatic N) is 3. The number of hydrogen-bond donors (Lipinski definition) is 0. The third-order valence-electron chi connectivity index (χ3n) is 5.44. The Hall–Kier alpha value is -2.45. The highest BCUT2D eigenvalue weighted by Crippen LogP contribution is 2.39. The van der Waals surface area contributed by atoms with Crippen LogP contribution in [0.15, 0.2) is 62.0 Å². The van der Waals surface area contributed by atoms with Crippen molar-refractivity contribution in [3.05, 3.63) is 54.0 Å². The number of piperidine rings is 1. The van der Waals surface area contributed by atoms with Crippen molar-refractivity contribution in [2.75, 3.05) is 19.3 Å². The van der Waals surface area contributed by atoms with E-state index in [9.17, 15) is 9.00 Å². The Morgan fingerprint density at radius 3 is 2.45 bits per heavy atom. The molecule has 1 unspecified atom stereocenters. The molecule has 0 radical (unpaired) electrons. The maximum absolute atomic E-state index is 11.8. The molecule has 0 aliphatic carbocycles. The quantitative estimate of drug-likeness (QED) is 0.557. The molecule has 3 aromatic rings. The van der Waals surface area contributed by atoms with Gasteiger partial charge in [-0.05, 0) is 55.3 Å². The molecule has 2 aromatic heterocycles. The Morgan fingerprint density at radius 2 is 1.87 bits per heavy atom. The summed E-state index contributed by atoms with van der Waals surface area (Å²) in [6.07, 6.45) is 5.17. The van der Waals surface area contributed by atoms with Crippen LogP contribution in [0.1, 0.15) is 37.1 Å². The van der Waals surface area contributed by atoms with E-state index < -0.39 is 10.8 Å². The number of rotatable bonds is 5. The molecule has 1 amide bonds. The van der Waals surface area contributed by atoms with Gasteiger partial charge in [0, 0.05) is 59.6 Å². The Morgan fingerprint density at radius 1 is 1.16 bits per heavy atom. The van der Waals surface area contributed by atoms with E-state index in [1.54, 1.807) is 13.2 Å². The summed E-state index contributed by atoms with van der Waals surface area (Å²) in [5.74, 6) is 0.995. The van der Waals surface area contributed by atoms with Gasteiger partial charge in [-0.2, -0.15) is 0 Å². The highest BCUT2D eigenvalue weighted by atomic mass is 32.2. The number of hydrogen-bond acceptors (Lipinski definition) is 6. The summed E-state index contributed by atoms with van der Waals surface area (Å²) in [6.45, 7) is 5.05. The van der Waals surface area contributed by atoms with Crippen molar-refractivity contribution >= 4 is 28.5 Å². The largest absolute Gasteiger partial charge is 0.433 e. The summed E-state index contributed by atoms with van der Waals surface area (Å²) in [5.41, 5.74) is 2.79. The smallest absolute Gasteiger partial charge is 0.219 e. The fourth-order valence-electron chi connectivity index (χ4n) is 3.60. The van der Waals surface area contributed by atoms with Crippen molar-refractivity contribution in [1.82, 2.24) is 14.9 Å². The lowest BCUT2D eigenvalue weighted by Gasteiger charge is -2.29. The Bertz CT molecular complexity index is 1090. The average molecular weight is 456 g/mol. The minimum Gasteiger partial charge on any atom is -0.433 e. The Kier molecular flexibility index (Phi) is 6.57. The number of aromatic nitrogens is 2. The maximum atomic E-state index is 11.8. The number of carbonyl (C=O) groups excluding carboxylic acids is 1. The first-order valence-electron chi connectivity index (χ1n) is 10.2. The van der Waals surface area contributed by atoms with Crippen LogP contribution in [-0.4, -0.2) is 44.3 Å². The van der Waals surface area contributed by atoms with Gasteiger partial charge in [0.25, 0.3) is 0 Å². The third-order valence-corrected chi connectivity index (χ3v) is 7.29. The average Bonchev–Trinajstić information content (AvgIpc) is 3.19. The molecule has 6 nitrogen and oxygen atoms in total. The monoisotopic (exact) mass is 455 g/mol. The summed E-state index contributed by atoms with van der Waals surface area (Å²) in [7, 11) is -1.03. The number of likely N-dealkylation sites (tertiary alicyclic amines) is 1. The second kappa shape index (κ2) is 9.36. The molecule has 1 aliphatic rings. The zero-order valence-electron chi connectivity index (χ0n) is 17.8. The molecule has 1 saturated heterocycles. The van der Waals surface area contributed by atoms with Gasteiger partial charge in [-0.3, -0.25) is 9.00 Å². The van der Waals surface area contributed by atoms with Crippen LogP contribution in [0.3, 0.4) is 0 Å². The van der Waals surface area contributed by atoms with Crippen molar-refractivity contribution in [3.8, 4) is 11.3 Å². The van der Waals surface area contributed by atoms with E-state index in [1.165, 1.54) is 11.8 Å². The molecule has 1 aromatic carbocycles. The van der Waals surface area contributed by atoms with E-state index in [2.05, 4.69) is 4.98 Å². The SMILES string of the molecule is CC(=O)N1CCC(c2nc(-c3ccc(S(C)=O)cc3)c(Sc3ccc(C)cn3)o2)CC1. The van der Waals surface area contributed by atoms with Gasteiger partial charge in [0.2, 0.25) is 5.91 Å². The van der Waals surface area contributed by atoms with Crippen LogP contribution in [-0.2, 0) is 15.6 Å². The van der Waals surface area contributed by atoms with Gasteiger partial charge in [-0.1, -0.05) is 18.2 Å². The molecule has 8 heteroatoms. The van der Waals surface area contributed by atoms with Crippen LogP contribution >= 0.6 is 11.8 Å². The summed E-state index contributed by atoms with van der Waals surface area (Å²) in [4.78, 5) is 23.6. The Labute approximate surface area is 188 Å². The molecular weight excluding hydrogens is 430 g/mol. The summed E-state index contributed by atoms with van der Waals surface area (Å²) in [5, 5.41) is 1.54. The number of pyridine rings is 1. The normalized spacial score (nSPS) is 15.8. The molecule has 0 bridgehead atoms. The van der Waals surface area contributed by atoms with Gasteiger partial charge in [0.05, 0.1) is 0 Å². The molecule has 1 fully saturated rings. The van der Waals surface area contributed by atoms with Crippen LogP contribution in [0.25, 0.3) is 11.3 Å². The fraction of sp³-hybridized carbons (Fsp3) is 0.348. The number of aryl methyl sites for hydroxylation is 1. The predicted molar refractivity (Wildman–Crippen MR) is 122 cm³/mol. The van der Waals surface area contributed by atoms with Crippen LogP contribution in [0, 0.1) is 6.92 Å². The maximum Gasteiger partial charge on any atom is 0.219 e. The molecule has 0 saturated carbocycles. The first-order chi connectivity index (χ1) is 14.9. The minimum absolute atomic E-state index is 0.113. The van der Waals surface area contributed by atoms with Crippen LogP contribution < -0.4 is 0 Å². The number of amides is 1. The molecule has 4 rings (SSSR count). The second-order valence-corrected chi connectivity index (χ2v) is 10.1. The van der Waals surface area contributed by atoms with Gasteiger partial charge >= 0.3 is 0 Å². The van der Waals surface area contributed by atoms with Crippen LogP contribution in [0.5, 0.6) is 0 Å². The van der Waals surface area contributed by atoms with E-state index in [0.717, 1.165) is 52.7 Å². The van der Waals surface area contributed by atoms with Gasteiger partial charge in [0.15, 0.2) is 11.0 Å². The Balaban J connectivity index is 1.65. The van der Waals surface area contributed by atoms with Crippen LogP contribution in [0.2, 0.25) is 0 Å². The fourth-order valence-corrected chi connectivity index (χ4v) is 4.94. The first-order valence-corrected chi connectivity index (χ1v) is 12.6. The van der Waals surface area contributed by atoms with E-state index >= 15 is 0 Å². The third kappa shape index (κ3) is 5.07. The molecule has 0 N–H and O–H groups in total. The second-order valence-electron chi connectivity index (χ2n) is 7.72. The predicted octanol–water partition coefficient (Wildman–Crippen LogP) is 4.66. The van der Waals surface area contributed by atoms with Gasteiger partial charge < -0.3 is 9.32 Å². The molecule has 0 spiro atoms. The highest BCUT2D eigenvalue weighted by Gasteiger charge is 2.28. The molecule has 1 atom stereocenters. The molecule has 3 heterocycles. The molecule has 162 valence electrons. The molecular formula is C23H25N3O3S2. The van der Waals surface area contributed by atoms with Crippen molar-refractivity contribution < 1.29 is 13.4 Å². The number of oxazole rings is 1. The number of carbonyl (C=O) groups is 1. The van der Waals surface area contributed by atoms with Crippen molar-refractivity contribution in [3.63, 3.8) is 0 Å². The van der Waals surface area contributed by atoms with Crippen molar-refractivity contribution in [2.24, 2.45) is 0 Å². The lowest BCUT2D eigenvalue weighted by atomic mass is 9.97. The van der Waals surface area contributed by atoms with E-state index in [4.69, 9.17) is 9.40 Å². The first kappa shape index (κ1) is 21.8. The number of benzene rings is 1. The summed E-state index contributed by atoms with van der Waals surface area (Å²) >= 11 is 1.45. The minimum atomic E-state index is -1.03. The van der Waals surface area contributed by atoms with Crippen molar-refractivity contribution in [1.29, 1.82) is 0 Å². The molecule has 1 aliphatic heterocycles. The van der Waals surface area contributed by atoms with E-state index in [0.29, 0.717) is 11.0 Å². The van der Waals surface area contributed by atoms with Crippen LogP contribution in [0.4, 0.5) is 0 Å². The van der Waals surface area contributed by atoms with Gasteiger partial charge in [-0.15, -0.1) is 0 Å². The van der Waals surface area contributed by atoms with Crippen molar-refractivity contribution in [2.45, 2.75) is 47.6 Å². The van der Waals surface area contributed by atoms with E-state index in [-0.39, 0.29) is 11.8 Å².